The van der Waals surface area contributed by atoms with Crippen LogP contribution in [0.3, 0.4) is 0 Å². The van der Waals surface area contributed by atoms with Crippen molar-refractivity contribution in [2.75, 3.05) is 17.2 Å². The predicted octanol–water partition coefficient (Wildman–Crippen LogP) is 3.64. The Morgan fingerprint density at radius 1 is 1.45 bits per heavy atom. The molecule has 0 saturated carbocycles. The van der Waals surface area contributed by atoms with Gasteiger partial charge in [-0.15, -0.1) is 0 Å². The van der Waals surface area contributed by atoms with Crippen LogP contribution in [0.2, 0.25) is 5.15 Å². The van der Waals surface area contributed by atoms with Gasteiger partial charge < -0.3 is 10.6 Å². The Bertz CT molecular complexity index is 699. The zero-order valence-corrected chi connectivity index (χ0v) is 14.0. The molecule has 8 heteroatoms. The monoisotopic (exact) mass is 386 g/mol. The smallest absolute Gasteiger partial charge is 0.229 e. The van der Waals surface area contributed by atoms with E-state index in [0.29, 0.717) is 17.8 Å². The summed E-state index contributed by atoms with van der Waals surface area (Å²) in [5.74, 6) is -0.628. The van der Waals surface area contributed by atoms with E-state index in [9.17, 15) is 9.18 Å². The number of halogens is 3. The Labute approximate surface area is 140 Å². The normalized spacial score (nSPS) is 10.4. The summed E-state index contributed by atoms with van der Waals surface area (Å²) in [6.07, 6.45) is 1.60. The summed E-state index contributed by atoms with van der Waals surface area (Å²) >= 11 is 9.24. The van der Waals surface area contributed by atoms with Gasteiger partial charge in [-0.1, -0.05) is 11.6 Å². The quantitative estimate of drug-likeness (QED) is 0.769. The molecule has 2 N–H and O–H groups in total. The maximum atomic E-state index is 13.2. The molecule has 0 spiro atoms. The molecular weight excluding hydrogens is 375 g/mol. The fraction of sp³-hybridized carbons (Fsp3) is 0.214. The maximum absolute atomic E-state index is 13.2. The Morgan fingerprint density at radius 2 is 2.23 bits per heavy atom. The van der Waals surface area contributed by atoms with Crippen molar-refractivity contribution in [3.8, 4) is 0 Å². The standard InChI is InChI=1S/C14H13BrClFN4O/c1-2-18-14-10(3-4-11(17)21-14)20-12(22)6-8-5-9(15)7-19-13(8)16/h3-5,7H,2,6H2,1H3,(H,18,21)(H,20,22). The van der Waals surface area contributed by atoms with Gasteiger partial charge in [-0.05, 0) is 46.6 Å². The molecule has 116 valence electrons. The van der Waals surface area contributed by atoms with Crippen LogP contribution in [0.1, 0.15) is 12.5 Å². The number of pyridine rings is 2. The van der Waals surface area contributed by atoms with E-state index in [0.717, 1.165) is 4.47 Å². The zero-order chi connectivity index (χ0) is 16.1. The van der Waals surface area contributed by atoms with Gasteiger partial charge in [0.25, 0.3) is 0 Å². The van der Waals surface area contributed by atoms with Gasteiger partial charge in [-0.3, -0.25) is 4.79 Å². The minimum absolute atomic E-state index is 0.0498. The van der Waals surface area contributed by atoms with Crippen molar-refractivity contribution in [3.63, 3.8) is 0 Å². The number of hydrogen-bond acceptors (Lipinski definition) is 4. The highest BCUT2D eigenvalue weighted by Crippen LogP contribution is 2.21. The molecule has 1 amide bonds. The largest absolute Gasteiger partial charge is 0.369 e. The van der Waals surface area contributed by atoms with Gasteiger partial charge in [-0.25, -0.2) is 9.97 Å². The van der Waals surface area contributed by atoms with Gasteiger partial charge in [0.15, 0.2) is 5.82 Å². The van der Waals surface area contributed by atoms with Crippen LogP contribution >= 0.6 is 27.5 Å². The molecule has 2 aromatic rings. The van der Waals surface area contributed by atoms with Gasteiger partial charge in [0, 0.05) is 17.2 Å². The molecule has 2 aromatic heterocycles. The van der Waals surface area contributed by atoms with Crippen LogP contribution < -0.4 is 10.6 Å². The Hall–Kier alpha value is -1.73. The minimum Gasteiger partial charge on any atom is -0.369 e. The van der Waals surface area contributed by atoms with Crippen molar-refractivity contribution in [1.82, 2.24) is 9.97 Å². The lowest BCUT2D eigenvalue weighted by Crippen LogP contribution is -2.17. The van der Waals surface area contributed by atoms with E-state index in [1.807, 2.05) is 6.92 Å². The summed E-state index contributed by atoms with van der Waals surface area (Å²) in [5.41, 5.74) is 1.00. The number of carbonyl (C=O) groups excluding carboxylic acids is 1. The van der Waals surface area contributed by atoms with Crippen molar-refractivity contribution < 1.29 is 9.18 Å². The van der Waals surface area contributed by atoms with Gasteiger partial charge in [0.05, 0.1) is 12.1 Å². The molecule has 22 heavy (non-hydrogen) atoms. The first-order valence-corrected chi connectivity index (χ1v) is 7.67. The highest BCUT2D eigenvalue weighted by atomic mass is 79.9. The summed E-state index contributed by atoms with van der Waals surface area (Å²) in [6, 6.07) is 4.37. The lowest BCUT2D eigenvalue weighted by atomic mass is 10.2. The fourth-order valence-electron chi connectivity index (χ4n) is 1.79. The summed E-state index contributed by atoms with van der Waals surface area (Å²) in [6.45, 7) is 2.41. The first-order valence-electron chi connectivity index (χ1n) is 6.49. The fourth-order valence-corrected chi connectivity index (χ4v) is 2.34. The Kier molecular flexibility index (Phi) is 5.68. The molecule has 0 fully saturated rings. The van der Waals surface area contributed by atoms with Crippen LogP contribution in [0.5, 0.6) is 0 Å². The molecule has 0 radical (unpaired) electrons. The second-order valence-corrected chi connectivity index (χ2v) is 5.66. The minimum atomic E-state index is -0.617. The molecule has 0 atom stereocenters. The molecule has 0 saturated heterocycles. The van der Waals surface area contributed by atoms with E-state index in [1.54, 1.807) is 12.3 Å². The van der Waals surface area contributed by atoms with E-state index in [1.165, 1.54) is 12.1 Å². The predicted molar refractivity (Wildman–Crippen MR) is 87.6 cm³/mol. The molecule has 0 aliphatic carbocycles. The van der Waals surface area contributed by atoms with Crippen molar-refractivity contribution in [1.29, 1.82) is 0 Å². The van der Waals surface area contributed by atoms with Crippen LogP contribution in [0.15, 0.2) is 28.9 Å². The first kappa shape index (κ1) is 16.6. The number of carbonyl (C=O) groups is 1. The van der Waals surface area contributed by atoms with Crippen molar-refractivity contribution in [2.45, 2.75) is 13.3 Å². The van der Waals surface area contributed by atoms with Gasteiger partial charge >= 0.3 is 0 Å². The Morgan fingerprint density at radius 3 is 2.95 bits per heavy atom. The number of nitrogens with zero attached hydrogens (tertiary/aromatic N) is 2. The summed E-state index contributed by atoms with van der Waals surface area (Å²) < 4.78 is 13.9. The molecule has 0 bridgehead atoms. The third-order valence-electron chi connectivity index (χ3n) is 2.71. The lowest BCUT2D eigenvalue weighted by Gasteiger charge is -2.11. The van der Waals surface area contributed by atoms with Gasteiger partial charge in [0.1, 0.15) is 5.15 Å². The average Bonchev–Trinajstić information content (AvgIpc) is 2.46. The zero-order valence-electron chi connectivity index (χ0n) is 11.7. The van der Waals surface area contributed by atoms with Crippen LogP contribution in [0, 0.1) is 5.95 Å². The van der Waals surface area contributed by atoms with E-state index in [4.69, 9.17) is 11.6 Å². The van der Waals surface area contributed by atoms with Crippen molar-refractivity contribution in [3.05, 3.63) is 45.5 Å². The summed E-state index contributed by atoms with van der Waals surface area (Å²) in [4.78, 5) is 19.8. The topological polar surface area (TPSA) is 66.9 Å². The molecule has 0 aromatic carbocycles. The highest BCUT2D eigenvalue weighted by molar-refractivity contribution is 9.10. The molecule has 0 aliphatic heterocycles. The number of anilines is 2. The highest BCUT2D eigenvalue weighted by Gasteiger charge is 2.12. The van der Waals surface area contributed by atoms with Gasteiger partial charge in [0.2, 0.25) is 11.9 Å². The number of rotatable bonds is 5. The third kappa shape index (κ3) is 4.38. The number of nitrogens with one attached hydrogen (secondary N) is 2. The van der Waals surface area contributed by atoms with Crippen molar-refractivity contribution >= 4 is 44.9 Å². The van der Waals surface area contributed by atoms with E-state index < -0.39 is 5.95 Å². The second kappa shape index (κ2) is 7.51. The molecule has 0 unspecified atom stereocenters. The first-order chi connectivity index (χ1) is 10.5. The molecule has 2 heterocycles. The van der Waals surface area contributed by atoms with Gasteiger partial charge in [-0.2, -0.15) is 4.39 Å². The maximum Gasteiger partial charge on any atom is 0.229 e. The second-order valence-electron chi connectivity index (χ2n) is 4.39. The number of hydrogen-bond donors (Lipinski definition) is 2. The number of aromatic nitrogens is 2. The SMILES string of the molecule is CCNc1nc(F)ccc1NC(=O)Cc1cc(Br)cnc1Cl. The Balaban J connectivity index is 2.13. The average molecular weight is 388 g/mol. The van der Waals surface area contributed by atoms with Crippen LogP contribution in [-0.4, -0.2) is 22.4 Å². The van der Waals surface area contributed by atoms with Crippen LogP contribution in [0.4, 0.5) is 15.9 Å². The molecule has 2 rings (SSSR count). The van der Waals surface area contributed by atoms with Crippen LogP contribution in [0.25, 0.3) is 0 Å². The van der Waals surface area contributed by atoms with Crippen molar-refractivity contribution in [2.24, 2.45) is 0 Å². The molecule has 5 nitrogen and oxygen atoms in total. The third-order valence-corrected chi connectivity index (χ3v) is 3.48. The van der Waals surface area contributed by atoms with E-state index >= 15 is 0 Å². The van der Waals surface area contributed by atoms with E-state index in [-0.39, 0.29) is 23.3 Å². The summed E-state index contributed by atoms with van der Waals surface area (Å²) in [5, 5.41) is 5.85. The van der Waals surface area contributed by atoms with Crippen LogP contribution in [-0.2, 0) is 11.2 Å². The molecular formula is C14H13BrClFN4O. The lowest BCUT2D eigenvalue weighted by molar-refractivity contribution is -0.115. The summed E-state index contributed by atoms with van der Waals surface area (Å²) in [7, 11) is 0. The molecule has 0 aliphatic rings. The number of amides is 1. The van der Waals surface area contributed by atoms with E-state index in [2.05, 4.69) is 36.5 Å².